The molecule has 6 heteroatoms. The lowest BCUT2D eigenvalue weighted by Gasteiger charge is -2.06. The van der Waals surface area contributed by atoms with Crippen molar-refractivity contribution in [2.24, 2.45) is 0 Å². The molecule has 1 N–H and O–H groups in total. The van der Waals surface area contributed by atoms with Crippen LogP contribution in [0.3, 0.4) is 0 Å². The highest BCUT2D eigenvalue weighted by molar-refractivity contribution is 6.28. The van der Waals surface area contributed by atoms with Crippen molar-refractivity contribution in [3.05, 3.63) is 41.4 Å². The number of halogens is 1. The van der Waals surface area contributed by atoms with Crippen molar-refractivity contribution in [2.75, 3.05) is 12.4 Å². The van der Waals surface area contributed by atoms with Gasteiger partial charge >= 0.3 is 0 Å². The molecule has 0 aliphatic rings. The Labute approximate surface area is 104 Å². The Kier molecular flexibility index (Phi) is 3.72. The van der Waals surface area contributed by atoms with Crippen molar-refractivity contribution in [3.8, 4) is 5.88 Å². The van der Waals surface area contributed by atoms with Crippen LogP contribution in [-0.2, 0) is 6.54 Å². The first-order chi connectivity index (χ1) is 8.28. The van der Waals surface area contributed by atoms with Crippen molar-refractivity contribution in [3.63, 3.8) is 0 Å². The monoisotopic (exact) mass is 250 g/mol. The topological polar surface area (TPSA) is 59.9 Å². The highest BCUT2D eigenvalue weighted by Crippen LogP contribution is 2.10. The minimum Gasteiger partial charge on any atom is -0.481 e. The second-order valence-electron chi connectivity index (χ2n) is 3.24. The third-order valence-electron chi connectivity index (χ3n) is 2.07. The summed E-state index contributed by atoms with van der Waals surface area (Å²) < 4.78 is 5.04. The van der Waals surface area contributed by atoms with Crippen LogP contribution in [0.5, 0.6) is 5.88 Å². The molecular weight excluding hydrogens is 240 g/mol. The van der Waals surface area contributed by atoms with Gasteiger partial charge in [-0.05, 0) is 23.7 Å². The largest absolute Gasteiger partial charge is 0.481 e. The summed E-state index contributed by atoms with van der Waals surface area (Å²) in [6, 6.07) is 7.32. The van der Waals surface area contributed by atoms with Crippen LogP contribution in [-0.4, -0.2) is 22.1 Å². The summed E-state index contributed by atoms with van der Waals surface area (Å²) in [4.78, 5) is 12.1. The fourth-order valence-corrected chi connectivity index (χ4v) is 1.43. The van der Waals surface area contributed by atoms with E-state index in [-0.39, 0.29) is 5.28 Å². The number of rotatable bonds is 4. The lowest BCUT2D eigenvalue weighted by Crippen LogP contribution is -2.04. The van der Waals surface area contributed by atoms with Crippen molar-refractivity contribution < 1.29 is 4.74 Å². The van der Waals surface area contributed by atoms with Crippen LogP contribution in [0.15, 0.2) is 30.5 Å². The fraction of sp³-hybridized carbons (Fsp3) is 0.182. The van der Waals surface area contributed by atoms with E-state index in [0.29, 0.717) is 18.2 Å². The van der Waals surface area contributed by atoms with Gasteiger partial charge in [0.1, 0.15) is 5.82 Å². The normalized spacial score (nSPS) is 10.0. The van der Waals surface area contributed by atoms with Crippen LogP contribution >= 0.6 is 11.6 Å². The third-order valence-corrected chi connectivity index (χ3v) is 2.25. The Morgan fingerprint density at radius 1 is 1.29 bits per heavy atom. The van der Waals surface area contributed by atoms with Gasteiger partial charge in [-0.1, -0.05) is 6.07 Å². The quantitative estimate of drug-likeness (QED) is 0.843. The lowest BCUT2D eigenvalue weighted by molar-refractivity contribution is 0.396. The zero-order valence-corrected chi connectivity index (χ0v) is 9.98. The van der Waals surface area contributed by atoms with Crippen molar-refractivity contribution in [1.29, 1.82) is 0 Å². The predicted molar refractivity (Wildman–Crippen MR) is 65.2 cm³/mol. The molecule has 2 rings (SSSR count). The van der Waals surface area contributed by atoms with Crippen LogP contribution in [0.1, 0.15) is 5.69 Å². The van der Waals surface area contributed by atoms with Crippen LogP contribution in [0.2, 0.25) is 5.28 Å². The molecule has 0 bridgehead atoms. The van der Waals surface area contributed by atoms with E-state index < -0.39 is 0 Å². The number of methoxy groups -OCH3 is 1. The number of pyridine rings is 1. The number of nitrogens with one attached hydrogen (secondary N) is 1. The predicted octanol–water partition coefficient (Wildman–Crippen LogP) is 2.15. The van der Waals surface area contributed by atoms with E-state index in [9.17, 15) is 0 Å². The van der Waals surface area contributed by atoms with Gasteiger partial charge in [0.2, 0.25) is 11.2 Å². The maximum absolute atomic E-state index is 5.68. The van der Waals surface area contributed by atoms with E-state index in [1.165, 1.54) is 0 Å². The van der Waals surface area contributed by atoms with Crippen molar-refractivity contribution in [2.45, 2.75) is 6.54 Å². The molecule has 0 amide bonds. The van der Waals surface area contributed by atoms with Crippen LogP contribution in [0.4, 0.5) is 5.82 Å². The van der Waals surface area contributed by atoms with Gasteiger partial charge in [-0.15, -0.1) is 0 Å². The molecule has 0 spiro atoms. The average molecular weight is 251 g/mol. The molecule has 0 saturated carbocycles. The number of ether oxygens (including phenoxy) is 1. The van der Waals surface area contributed by atoms with E-state index in [0.717, 1.165) is 5.69 Å². The van der Waals surface area contributed by atoms with Gasteiger partial charge < -0.3 is 10.1 Å². The number of nitrogens with zero attached hydrogens (tertiary/aromatic N) is 3. The molecule has 0 aliphatic heterocycles. The van der Waals surface area contributed by atoms with E-state index in [1.807, 2.05) is 12.1 Å². The Hall–Kier alpha value is -1.88. The van der Waals surface area contributed by atoms with Gasteiger partial charge in [0.25, 0.3) is 0 Å². The van der Waals surface area contributed by atoms with Crippen molar-refractivity contribution in [1.82, 2.24) is 15.0 Å². The summed E-state index contributed by atoms with van der Waals surface area (Å²) in [6.45, 7) is 0.546. The maximum atomic E-state index is 5.68. The number of aromatic nitrogens is 3. The van der Waals surface area contributed by atoms with Crippen LogP contribution in [0, 0.1) is 0 Å². The molecule has 17 heavy (non-hydrogen) atoms. The van der Waals surface area contributed by atoms with Gasteiger partial charge in [0.05, 0.1) is 19.3 Å². The molecule has 5 nitrogen and oxygen atoms in total. The molecule has 0 aliphatic carbocycles. The molecule has 0 radical (unpaired) electrons. The maximum Gasteiger partial charge on any atom is 0.224 e. The molecule has 2 aromatic heterocycles. The summed E-state index contributed by atoms with van der Waals surface area (Å²) in [5, 5.41) is 3.32. The van der Waals surface area contributed by atoms with Crippen molar-refractivity contribution >= 4 is 17.4 Å². The first-order valence-corrected chi connectivity index (χ1v) is 5.38. The number of anilines is 1. The molecule has 2 aromatic rings. The zero-order chi connectivity index (χ0) is 12.1. The van der Waals surface area contributed by atoms with E-state index >= 15 is 0 Å². The average Bonchev–Trinajstić information content (AvgIpc) is 2.37. The molecule has 0 saturated heterocycles. The molecule has 0 atom stereocenters. The van der Waals surface area contributed by atoms with Gasteiger partial charge in [-0.2, -0.15) is 0 Å². The van der Waals surface area contributed by atoms with Gasteiger partial charge in [-0.3, -0.25) is 0 Å². The Bertz CT molecular complexity index is 506. The lowest BCUT2D eigenvalue weighted by atomic mass is 10.3. The minimum absolute atomic E-state index is 0.216. The van der Waals surface area contributed by atoms with Gasteiger partial charge in [0, 0.05) is 12.3 Å². The number of hydrogen-bond acceptors (Lipinski definition) is 5. The summed E-state index contributed by atoms with van der Waals surface area (Å²) >= 11 is 5.68. The summed E-state index contributed by atoms with van der Waals surface area (Å²) in [5.41, 5.74) is 0.860. The Balaban J connectivity index is 2.02. The minimum atomic E-state index is 0.216. The zero-order valence-electron chi connectivity index (χ0n) is 9.22. The van der Waals surface area contributed by atoms with E-state index in [2.05, 4.69) is 20.3 Å². The Morgan fingerprint density at radius 2 is 2.18 bits per heavy atom. The first-order valence-electron chi connectivity index (χ1n) is 5.00. The molecule has 0 unspecified atom stereocenters. The first kappa shape index (κ1) is 11.6. The molecule has 0 aromatic carbocycles. The molecule has 0 fully saturated rings. The Morgan fingerprint density at radius 3 is 2.94 bits per heavy atom. The fourth-order valence-electron chi connectivity index (χ4n) is 1.28. The van der Waals surface area contributed by atoms with Crippen LogP contribution in [0.25, 0.3) is 0 Å². The second kappa shape index (κ2) is 5.45. The van der Waals surface area contributed by atoms with Gasteiger partial charge in [0.15, 0.2) is 0 Å². The standard InChI is InChI=1S/C11H11ClN4O/c1-17-10-4-2-3-8(15-10)7-14-9-5-6-13-11(12)16-9/h2-6H,7H2,1H3,(H,13,14,16). The SMILES string of the molecule is COc1cccc(CNc2ccnc(Cl)n2)n1. The van der Waals surface area contributed by atoms with E-state index in [1.54, 1.807) is 25.4 Å². The van der Waals surface area contributed by atoms with E-state index in [4.69, 9.17) is 16.3 Å². The summed E-state index contributed by atoms with van der Waals surface area (Å²) in [5.74, 6) is 1.25. The van der Waals surface area contributed by atoms with Crippen LogP contribution < -0.4 is 10.1 Å². The highest BCUT2D eigenvalue weighted by Gasteiger charge is 1.99. The van der Waals surface area contributed by atoms with Gasteiger partial charge in [-0.25, -0.2) is 15.0 Å². The molecule has 2 heterocycles. The highest BCUT2D eigenvalue weighted by atomic mass is 35.5. The number of hydrogen-bond donors (Lipinski definition) is 1. The molecule has 88 valence electrons. The molecular formula is C11H11ClN4O. The summed E-state index contributed by atoms with van der Waals surface area (Å²) in [7, 11) is 1.59. The summed E-state index contributed by atoms with van der Waals surface area (Å²) in [6.07, 6.45) is 1.59. The second-order valence-corrected chi connectivity index (χ2v) is 3.57. The smallest absolute Gasteiger partial charge is 0.224 e. The third kappa shape index (κ3) is 3.29.